The molecule has 0 radical (unpaired) electrons. The van der Waals surface area contributed by atoms with E-state index in [1.54, 1.807) is 18.0 Å². The fourth-order valence-electron chi connectivity index (χ4n) is 4.41. The molecule has 31 heavy (non-hydrogen) atoms. The van der Waals surface area contributed by atoms with Crippen molar-refractivity contribution < 1.29 is 28.7 Å². The van der Waals surface area contributed by atoms with E-state index >= 15 is 0 Å². The van der Waals surface area contributed by atoms with Crippen molar-refractivity contribution >= 4 is 29.5 Å². The minimum Gasteiger partial charge on any atom is -0.381 e. The van der Waals surface area contributed by atoms with Crippen LogP contribution in [-0.4, -0.2) is 72.2 Å². The summed E-state index contributed by atoms with van der Waals surface area (Å²) in [5.41, 5.74) is 0.290. The van der Waals surface area contributed by atoms with E-state index in [1.165, 1.54) is 12.1 Å². The van der Waals surface area contributed by atoms with Crippen LogP contribution in [0.3, 0.4) is 0 Å². The summed E-state index contributed by atoms with van der Waals surface area (Å²) >= 11 is 0. The number of carbonyl (C=O) groups is 5. The highest BCUT2D eigenvalue weighted by molar-refractivity contribution is 6.26. The summed E-state index contributed by atoms with van der Waals surface area (Å²) < 4.78 is 5.37. The Balaban J connectivity index is 1.53. The van der Waals surface area contributed by atoms with Crippen molar-refractivity contribution in [3.8, 4) is 0 Å². The Morgan fingerprint density at radius 1 is 1.13 bits per heavy atom. The number of rotatable bonds is 5. The third-order valence-corrected chi connectivity index (χ3v) is 6.26. The molecule has 5 amide bonds. The standard InChI is InChI=1S/C22H25N3O6/c1-24(10-7-13-8-11-31-12-9-13)20(28)14-3-2-4-15-18(14)22(30)25(21(15)29)16-5-6-17(26)23-19(16)27/h2-4,13,16H,5-12H2,1H3,(H,23,26,27). The number of nitrogens with zero attached hydrogens (tertiary/aromatic N) is 2. The van der Waals surface area contributed by atoms with Gasteiger partial charge in [-0.15, -0.1) is 0 Å². The van der Waals surface area contributed by atoms with Crippen molar-refractivity contribution in [2.45, 2.75) is 38.1 Å². The number of piperidine rings is 1. The van der Waals surface area contributed by atoms with Gasteiger partial charge < -0.3 is 9.64 Å². The molecule has 1 aromatic carbocycles. The Morgan fingerprint density at radius 3 is 2.58 bits per heavy atom. The highest BCUT2D eigenvalue weighted by Gasteiger charge is 2.46. The average molecular weight is 427 g/mol. The summed E-state index contributed by atoms with van der Waals surface area (Å²) in [7, 11) is 1.68. The molecule has 0 spiro atoms. The minimum atomic E-state index is -1.06. The molecule has 2 saturated heterocycles. The highest BCUT2D eigenvalue weighted by atomic mass is 16.5. The van der Waals surface area contributed by atoms with E-state index in [9.17, 15) is 24.0 Å². The van der Waals surface area contributed by atoms with Crippen LogP contribution in [0.25, 0.3) is 0 Å². The third-order valence-electron chi connectivity index (χ3n) is 6.26. The van der Waals surface area contributed by atoms with Crippen molar-refractivity contribution in [3.05, 3.63) is 34.9 Å². The summed E-state index contributed by atoms with van der Waals surface area (Å²) in [6, 6.07) is 3.53. The van der Waals surface area contributed by atoms with Gasteiger partial charge >= 0.3 is 0 Å². The van der Waals surface area contributed by atoms with E-state index in [2.05, 4.69) is 5.32 Å². The Bertz CT molecular complexity index is 953. The van der Waals surface area contributed by atoms with Gasteiger partial charge in [-0.1, -0.05) is 6.07 Å². The molecule has 0 bridgehead atoms. The lowest BCUT2D eigenvalue weighted by molar-refractivity contribution is -0.136. The van der Waals surface area contributed by atoms with Crippen molar-refractivity contribution in [2.24, 2.45) is 5.92 Å². The molecule has 3 aliphatic heterocycles. The number of carbonyl (C=O) groups excluding carboxylic acids is 5. The predicted octanol–water partition coefficient (Wildman–Crippen LogP) is 0.976. The fourth-order valence-corrected chi connectivity index (χ4v) is 4.41. The molecule has 164 valence electrons. The second-order valence-corrected chi connectivity index (χ2v) is 8.25. The normalized spacial score (nSPS) is 21.8. The highest BCUT2D eigenvalue weighted by Crippen LogP contribution is 2.30. The van der Waals surface area contributed by atoms with E-state index in [0.717, 1.165) is 37.4 Å². The van der Waals surface area contributed by atoms with Crippen LogP contribution in [0, 0.1) is 5.92 Å². The SMILES string of the molecule is CN(CCC1CCOCC1)C(=O)c1cccc2c1C(=O)N(C1CCC(=O)NC1=O)C2=O. The molecule has 1 N–H and O–H groups in total. The monoisotopic (exact) mass is 427 g/mol. The first-order chi connectivity index (χ1) is 14.9. The summed E-state index contributed by atoms with van der Waals surface area (Å²) in [6.45, 7) is 2.01. The number of amides is 5. The lowest BCUT2D eigenvalue weighted by Crippen LogP contribution is -2.54. The van der Waals surface area contributed by atoms with E-state index in [-0.39, 0.29) is 35.4 Å². The zero-order valence-electron chi connectivity index (χ0n) is 17.4. The molecule has 1 atom stereocenters. The molecule has 9 heteroatoms. The van der Waals surface area contributed by atoms with Crippen LogP contribution in [0.2, 0.25) is 0 Å². The van der Waals surface area contributed by atoms with Crippen LogP contribution in [0.1, 0.15) is 63.2 Å². The van der Waals surface area contributed by atoms with Crippen LogP contribution in [-0.2, 0) is 14.3 Å². The maximum atomic E-state index is 13.1. The van der Waals surface area contributed by atoms with Crippen molar-refractivity contribution in [1.82, 2.24) is 15.1 Å². The largest absolute Gasteiger partial charge is 0.381 e. The molecule has 0 aromatic heterocycles. The lowest BCUT2D eigenvalue weighted by Gasteiger charge is -2.28. The number of benzene rings is 1. The van der Waals surface area contributed by atoms with Gasteiger partial charge in [-0.05, 0) is 43.7 Å². The van der Waals surface area contributed by atoms with Crippen LogP contribution in [0.5, 0.6) is 0 Å². The van der Waals surface area contributed by atoms with E-state index in [0.29, 0.717) is 12.5 Å². The first kappa shape index (κ1) is 21.2. The second kappa shape index (κ2) is 8.58. The van der Waals surface area contributed by atoms with Crippen molar-refractivity contribution in [3.63, 3.8) is 0 Å². The molecule has 2 fully saturated rings. The van der Waals surface area contributed by atoms with Gasteiger partial charge in [0.25, 0.3) is 17.7 Å². The van der Waals surface area contributed by atoms with Crippen LogP contribution in [0.4, 0.5) is 0 Å². The zero-order chi connectivity index (χ0) is 22.1. The first-order valence-corrected chi connectivity index (χ1v) is 10.6. The van der Waals surface area contributed by atoms with Gasteiger partial charge in [0.2, 0.25) is 11.8 Å². The van der Waals surface area contributed by atoms with Gasteiger partial charge in [0.15, 0.2) is 0 Å². The molecule has 3 heterocycles. The molecule has 4 rings (SSSR count). The Kier molecular flexibility index (Phi) is 5.86. The number of hydrogen-bond donors (Lipinski definition) is 1. The maximum Gasteiger partial charge on any atom is 0.263 e. The van der Waals surface area contributed by atoms with E-state index < -0.39 is 29.7 Å². The van der Waals surface area contributed by atoms with Gasteiger partial charge in [-0.3, -0.25) is 34.2 Å². The molecule has 1 unspecified atom stereocenters. The molecule has 0 saturated carbocycles. The summed E-state index contributed by atoms with van der Waals surface area (Å²) in [4.78, 5) is 65.3. The summed E-state index contributed by atoms with van der Waals surface area (Å²) in [5, 5.41) is 2.17. The quantitative estimate of drug-likeness (QED) is 0.701. The summed E-state index contributed by atoms with van der Waals surface area (Å²) in [5.74, 6) is -2.23. The molecule has 0 aliphatic carbocycles. The molecular weight excluding hydrogens is 402 g/mol. The van der Waals surface area contributed by atoms with Crippen molar-refractivity contribution in [1.29, 1.82) is 0 Å². The Labute approximate surface area is 179 Å². The number of hydrogen-bond acceptors (Lipinski definition) is 6. The van der Waals surface area contributed by atoms with E-state index in [4.69, 9.17) is 4.74 Å². The van der Waals surface area contributed by atoms with Gasteiger partial charge in [0, 0.05) is 33.2 Å². The van der Waals surface area contributed by atoms with Gasteiger partial charge in [-0.25, -0.2) is 0 Å². The van der Waals surface area contributed by atoms with Gasteiger partial charge in [0.1, 0.15) is 6.04 Å². The molecule has 3 aliphatic rings. The number of imide groups is 2. The van der Waals surface area contributed by atoms with Crippen LogP contribution >= 0.6 is 0 Å². The van der Waals surface area contributed by atoms with Gasteiger partial charge in [0.05, 0.1) is 16.7 Å². The second-order valence-electron chi connectivity index (χ2n) is 8.25. The molecule has 1 aromatic rings. The van der Waals surface area contributed by atoms with Crippen LogP contribution < -0.4 is 5.32 Å². The Morgan fingerprint density at radius 2 is 1.87 bits per heavy atom. The summed E-state index contributed by atoms with van der Waals surface area (Å²) in [6.07, 6.45) is 2.90. The molecule has 9 nitrogen and oxygen atoms in total. The zero-order valence-corrected chi connectivity index (χ0v) is 17.4. The smallest absolute Gasteiger partial charge is 0.263 e. The van der Waals surface area contributed by atoms with Crippen molar-refractivity contribution in [2.75, 3.05) is 26.8 Å². The average Bonchev–Trinajstić information content (AvgIpc) is 3.03. The Hall–Kier alpha value is -3.07. The first-order valence-electron chi connectivity index (χ1n) is 10.6. The lowest BCUT2D eigenvalue weighted by atomic mass is 9.96. The molecular formula is C22H25N3O6. The predicted molar refractivity (Wildman–Crippen MR) is 108 cm³/mol. The van der Waals surface area contributed by atoms with Crippen LogP contribution in [0.15, 0.2) is 18.2 Å². The van der Waals surface area contributed by atoms with E-state index in [1.807, 2.05) is 0 Å². The number of ether oxygens (including phenoxy) is 1. The van der Waals surface area contributed by atoms with Gasteiger partial charge in [-0.2, -0.15) is 0 Å². The number of fused-ring (bicyclic) bond motifs is 1. The topological polar surface area (TPSA) is 113 Å². The number of nitrogens with one attached hydrogen (secondary N) is 1. The fraction of sp³-hybridized carbons (Fsp3) is 0.500. The minimum absolute atomic E-state index is 0.0279. The third kappa shape index (κ3) is 3.97. The maximum absolute atomic E-state index is 13.1.